The molecule has 0 aromatic rings. The van der Waals surface area contributed by atoms with Crippen LogP contribution in [0.5, 0.6) is 0 Å². The fourth-order valence-corrected chi connectivity index (χ4v) is 0. The van der Waals surface area contributed by atoms with Crippen molar-refractivity contribution in [1.82, 2.24) is 0 Å². The molecule has 0 aliphatic carbocycles. The third kappa shape index (κ3) is 71600. The molecular formula is C2Li2N2O2. The molecule has 0 saturated heterocycles. The van der Waals surface area contributed by atoms with Gasteiger partial charge < -0.3 is 10.8 Å². The van der Waals surface area contributed by atoms with E-state index in [1.165, 1.54) is 0 Å². The molecule has 0 aliphatic heterocycles. The Hall–Kier alpha value is -0.0452. The second-order valence-electron chi connectivity index (χ2n) is 0.183. The fourth-order valence-electron chi connectivity index (χ4n) is 0. The van der Waals surface area contributed by atoms with Gasteiger partial charge in [0.1, 0.15) is 0 Å². The van der Waals surface area contributed by atoms with Crippen LogP contribution in [0.2, 0.25) is 0 Å². The standard InChI is InChI=1S/2CNO.2Li/c2*2-1-3;;/q2*-1;2*+1. The number of isocyanates is 2. The Balaban J connectivity index is -0.0000000160. The van der Waals surface area contributed by atoms with Crippen molar-refractivity contribution in [3.63, 3.8) is 0 Å². The van der Waals surface area contributed by atoms with Crippen molar-refractivity contribution in [2.45, 2.75) is 0 Å². The van der Waals surface area contributed by atoms with Crippen LogP contribution in [0, 0.1) is 0 Å². The molecule has 6 heteroatoms. The van der Waals surface area contributed by atoms with Crippen LogP contribution in [0.4, 0.5) is 0 Å². The van der Waals surface area contributed by atoms with Crippen LogP contribution in [-0.2, 0) is 9.59 Å². The predicted molar refractivity (Wildman–Crippen MR) is 18.1 cm³/mol. The van der Waals surface area contributed by atoms with E-state index in [0.29, 0.717) is 12.2 Å². The zero-order valence-electron chi connectivity index (χ0n) is 4.71. The first-order chi connectivity index (χ1) is 2.83. The van der Waals surface area contributed by atoms with Gasteiger partial charge in [0.25, 0.3) is 0 Å². The average Bonchev–Trinajstić information content (AvgIpc) is 1.39. The Morgan fingerprint density at radius 3 is 0.875 bits per heavy atom. The Labute approximate surface area is 70.4 Å². The number of hydrogen-bond acceptors (Lipinski definition) is 2. The molecule has 0 amide bonds. The number of rotatable bonds is 0. The first-order valence-corrected chi connectivity index (χ1v) is 0.855. The zero-order chi connectivity index (χ0) is 5.41. The van der Waals surface area contributed by atoms with E-state index in [1.807, 2.05) is 0 Å². The minimum atomic E-state index is 0. The van der Waals surface area contributed by atoms with Crippen LogP contribution in [0.1, 0.15) is 0 Å². The molecule has 0 atom stereocenters. The molecule has 0 spiro atoms. The summed E-state index contributed by atoms with van der Waals surface area (Å²) in [4.78, 5) is 16.5. The first kappa shape index (κ1) is 24.6. The maximum atomic E-state index is 8.24. The van der Waals surface area contributed by atoms with Gasteiger partial charge in [0.15, 0.2) is 0 Å². The fraction of sp³-hybridized carbons (Fsp3) is 0. The summed E-state index contributed by atoms with van der Waals surface area (Å²) < 4.78 is 0. The molecule has 0 fully saturated rings. The summed E-state index contributed by atoms with van der Waals surface area (Å²) in [5.41, 5.74) is 0. The first-order valence-electron chi connectivity index (χ1n) is 0.855. The number of carbonyl (C=O) groups excluding carboxylic acids is 2. The molecule has 0 heterocycles. The van der Waals surface area contributed by atoms with Gasteiger partial charge in [-0.3, -0.25) is 9.59 Å². The van der Waals surface area contributed by atoms with E-state index in [4.69, 9.17) is 20.4 Å². The van der Waals surface area contributed by atoms with E-state index in [-0.39, 0.29) is 37.7 Å². The van der Waals surface area contributed by atoms with Crippen LogP contribution in [-0.4, -0.2) is 12.2 Å². The molecule has 0 aromatic carbocycles. The smallest absolute Gasteiger partial charge is 0.724 e. The van der Waals surface area contributed by atoms with Crippen molar-refractivity contribution in [1.29, 1.82) is 0 Å². The van der Waals surface area contributed by atoms with Crippen LogP contribution < -0.4 is 37.7 Å². The van der Waals surface area contributed by atoms with Crippen molar-refractivity contribution in [3.05, 3.63) is 10.8 Å². The van der Waals surface area contributed by atoms with Gasteiger partial charge in [0.2, 0.25) is 0 Å². The third-order valence-corrected chi connectivity index (χ3v) is 0. The van der Waals surface area contributed by atoms with Gasteiger partial charge in [-0.2, -0.15) is 0 Å². The molecule has 0 radical (unpaired) electrons. The normalized spacial score (nSPS) is 2.00. The quantitative estimate of drug-likeness (QED) is 0.171. The van der Waals surface area contributed by atoms with Crippen molar-refractivity contribution in [2.24, 2.45) is 0 Å². The molecule has 0 N–H and O–H groups in total. The molecule has 0 aromatic heterocycles. The van der Waals surface area contributed by atoms with Gasteiger partial charge in [0.05, 0.1) is 0 Å². The molecule has 0 unspecified atom stereocenters. The van der Waals surface area contributed by atoms with Crippen LogP contribution in [0.25, 0.3) is 10.8 Å². The van der Waals surface area contributed by atoms with E-state index >= 15 is 0 Å². The summed E-state index contributed by atoms with van der Waals surface area (Å²) >= 11 is 0. The summed E-state index contributed by atoms with van der Waals surface area (Å²) in [6.45, 7) is 0. The van der Waals surface area contributed by atoms with E-state index < -0.39 is 0 Å². The van der Waals surface area contributed by atoms with Crippen molar-refractivity contribution >= 4 is 12.2 Å². The van der Waals surface area contributed by atoms with Gasteiger partial charge in [-0.15, -0.1) is 0 Å². The Morgan fingerprint density at radius 1 is 0.875 bits per heavy atom. The predicted octanol–water partition coefficient (Wildman–Crippen LogP) is -6.21. The maximum Gasteiger partial charge on any atom is 1.00 e. The summed E-state index contributed by atoms with van der Waals surface area (Å²) in [5.74, 6) is 0. The SMILES string of the molecule is [Li+].[Li+].[N-]=C=O.[N-]=C=O. The van der Waals surface area contributed by atoms with Gasteiger partial charge in [-0.25, -0.2) is 0 Å². The van der Waals surface area contributed by atoms with E-state index in [2.05, 4.69) is 0 Å². The minimum absolute atomic E-state index is 0. The zero-order valence-corrected chi connectivity index (χ0v) is 4.71. The maximum absolute atomic E-state index is 8.24. The molecule has 32 valence electrons. The Bertz CT molecular complexity index is 70.0. The summed E-state index contributed by atoms with van der Waals surface area (Å²) in [6.07, 6.45) is 1.00. The second kappa shape index (κ2) is 64.5. The van der Waals surface area contributed by atoms with Crippen LogP contribution >= 0.6 is 0 Å². The van der Waals surface area contributed by atoms with Crippen molar-refractivity contribution in [2.75, 3.05) is 0 Å². The molecule has 0 rings (SSSR count). The summed E-state index contributed by atoms with van der Waals surface area (Å²) in [5, 5.41) is 13.5. The van der Waals surface area contributed by atoms with E-state index in [9.17, 15) is 0 Å². The largest absolute Gasteiger partial charge is 1.00 e. The molecule has 0 aliphatic rings. The summed E-state index contributed by atoms with van der Waals surface area (Å²) in [7, 11) is 0. The Morgan fingerprint density at radius 2 is 0.875 bits per heavy atom. The monoisotopic (exact) mass is 98.0 g/mol. The van der Waals surface area contributed by atoms with Crippen LogP contribution in [0.3, 0.4) is 0 Å². The topological polar surface area (TPSA) is 78.7 Å². The molecule has 0 saturated carbocycles. The molecule has 8 heavy (non-hydrogen) atoms. The molecule has 0 bridgehead atoms. The van der Waals surface area contributed by atoms with E-state index in [1.54, 1.807) is 0 Å². The minimum Gasteiger partial charge on any atom is -0.724 e. The second-order valence-corrected chi connectivity index (χ2v) is 0.183. The average molecular weight is 97.9 g/mol. The van der Waals surface area contributed by atoms with Gasteiger partial charge in [0, 0.05) is 0 Å². The third-order valence-electron chi connectivity index (χ3n) is 0. The summed E-state index contributed by atoms with van der Waals surface area (Å²) in [6, 6.07) is 0. The number of nitrogens with zero attached hydrogens (tertiary/aromatic N) is 2. The van der Waals surface area contributed by atoms with Gasteiger partial charge in [-0.05, 0) is 12.2 Å². The van der Waals surface area contributed by atoms with Crippen molar-refractivity contribution < 1.29 is 47.3 Å². The van der Waals surface area contributed by atoms with E-state index in [0.717, 1.165) is 0 Å². The Kier molecular flexibility index (Phi) is 198. The van der Waals surface area contributed by atoms with Gasteiger partial charge >= 0.3 is 37.7 Å². The van der Waals surface area contributed by atoms with Gasteiger partial charge in [-0.1, -0.05) is 0 Å². The number of hydrogen-bond donors (Lipinski definition) is 0. The van der Waals surface area contributed by atoms with Crippen molar-refractivity contribution in [3.8, 4) is 0 Å². The molecule has 4 nitrogen and oxygen atoms in total. The van der Waals surface area contributed by atoms with Crippen LogP contribution in [0.15, 0.2) is 0 Å². The molecular weight excluding hydrogens is 97.9 g/mol.